The molecule has 0 atom stereocenters. The van der Waals surface area contributed by atoms with Crippen molar-refractivity contribution >= 4 is 50.8 Å². The molecular weight excluding hydrogens is 434 g/mol. The smallest absolute Gasteiger partial charge is 0.0159 e. The summed E-state index contributed by atoms with van der Waals surface area (Å²) in [4.78, 5) is 0. The van der Waals surface area contributed by atoms with Gasteiger partial charge in [0.2, 0.25) is 0 Å². The summed E-state index contributed by atoms with van der Waals surface area (Å²) in [6.07, 6.45) is 4.18. The maximum atomic E-state index is 3.97. The van der Waals surface area contributed by atoms with Gasteiger partial charge in [0.1, 0.15) is 0 Å². The third-order valence-electron chi connectivity index (χ3n) is 3.34. The SMILES string of the molecule is C=CC1=C(/C=C/I)C(C)(C)c2cc(I)ccc21. The molecule has 0 heterocycles. The number of hydrogen-bond acceptors (Lipinski definition) is 0. The average Bonchev–Trinajstić information content (AvgIpc) is 2.49. The van der Waals surface area contributed by atoms with Crippen LogP contribution in [0.15, 0.2) is 46.6 Å². The van der Waals surface area contributed by atoms with Crippen LogP contribution in [0.25, 0.3) is 5.57 Å². The summed E-state index contributed by atoms with van der Waals surface area (Å²) in [6.45, 7) is 8.53. The van der Waals surface area contributed by atoms with Crippen molar-refractivity contribution in [1.82, 2.24) is 0 Å². The van der Waals surface area contributed by atoms with Crippen LogP contribution in [-0.2, 0) is 5.41 Å². The molecule has 0 N–H and O–H groups in total. The van der Waals surface area contributed by atoms with Crippen molar-refractivity contribution in [1.29, 1.82) is 0 Å². The van der Waals surface area contributed by atoms with Gasteiger partial charge in [-0.25, -0.2) is 0 Å². The zero-order chi connectivity index (χ0) is 12.6. The highest BCUT2D eigenvalue weighted by molar-refractivity contribution is 14.1. The van der Waals surface area contributed by atoms with Crippen molar-refractivity contribution in [3.8, 4) is 0 Å². The Bertz CT molecular complexity index is 534. The van der Waals surface area contributed by atoms with E-state index in [1.165, 1.54) is 25.8 Å². The van der Waals surface area contributed by atoms with Crippen LogP contribution >= 0.6 is 45.2 Å². The highest BCUT2D eigenvalue weighted by Gasteiger charge is 2.35. The van der Waals surface area contributed by atoms with Gasteiger partial charge in [-0.3, -0.25) is 0 Å². The number of hydrogen-bond donors (Lipinski definition) is 0. The average molecular weight is 448 g/mol. The molecular formula is C15H14I2. The zero-order valence-electron chi connectivity index (χ0n) is 9.93. The van der Waals surface area contributed by atoms with Gasteiger partial charge in [-0.05, 0) is 61.1 Å². The van der Waals surface area contributed by atoms with Crippen LogP contribution in [-0.4, -0.2) is 0 Å². The fraction of sp³-hybridized carbons (Fsp3) is 0.200. The molecule has 2 heteroatoms. The van der Waals surface area contributed by atoms with E-state index < -0.39 is 0 Å². The number of rotatable bonds is 2. The van der Waals surface area contributed by atoms with E-state index in [4.69, 9.17) is 0 Å². The van der Waals surface area contributed by atoms with Gasteiger partial charge in [0, 0.05) is 8.99 Å². The highest BCUT2D eigenvalue weighted by Crippen LogP contribution is 2.47. The number of benzene rings is 1. The van der Waals surface area contributed by atoms with Crippen molar-refractivity contribution in [3.05, 3.63) is 61.3 Å². The molecule has 1 aromatic carbocycles. The van der Waals surface area contributed by atoms with E-state index in [0.717, 1.165) is 0 Å². The molecule has 1 aliphatic carbocycles. The maximum Gasteiger partial charge on any atom is 0.0159 e. The van der Waals surface area contributed by atoms with E-state index in [2.05, 4.69) is 94.0 Å². The lowest BCUT2D eigenvalue weighted by atomic mass is 9.81. The first kappa shape index (κ1) is 13.3. The molecule has 0 saturated heterocycles. The second-order valence-electron chi connectivity index (χ2n) is 4.64. The fourth-order valence-corrected chi connectivity index (χ4v) is 3.33. The highest BCUT2D eigenvalue weighted by atomic mass is 127. The molecule has 2 rings (SSSR count). The first-order chi connectivity index (χ1) is 8.02. The van der Waals surface area contributed by atoms with Crippen molar-refractivity contribution in [3.63, 3.8) is 0 Å². The molecule has 0 unspecified atom stereocenters. The lowest BCUT2D eigenvalue weighted by molar-refractivity contribution is 0.654. The second kappa shape index (κ2) is 4.88. The Morgan fingerprint density at radius 3 is 2.59 bits per heavy atom. The predicted molar refractivity (Wildman–Crippen MR) is 92.5 cm³/mol. The molecule has 0 aliphatic heterocycles. The van der Waals surface area contributed by atoms with Gasteiger partial charge in [0.25, 0.3) is 0 Å². The number of allylic oxidation sites excluding steroid dienone is 4. The Morgan fingerprint density at radius 1 is 1.29 bits per heavy atom. The summed E-state index contributed by atoms with van der Waals surface area (Å²) >= 11 is 4.65. The molecule has 0 fully saturated rings. The summed E-state index contributed by atoms with van der Waals surface area (Å²) < 4.78 is 3.37. The van der Waals surface area contributed by atoms with Crippen LogP contribution in [0.3, 0.4) is 0 Å². The molecule has 0 aromatic heterocycles. The standard InChI is InChI=1S/C15H14I2/c1-4-11-12-6-5-10(17)9-14(12)15(2,3)13(11)7-8-16/h4-9H,1H2,2-3H3/b8-7+. The Morgan fingerprint density at radius 2 is 2.00 bits per heavy atom. The number of halogens is 2. The minimum Gasteiger partial charge on any atom is -0.0984 e. The van der Waals surface area contributed by atoms with Gasteiger partial charge in [-0.1, -0.05) is 61.2 Å². The summed E-state index contributed by atoms with van der Waals surface area (Å²) in [5.41, 5.74) is 5.44. The van der Waals surface area contributed by atoms with Crippen LogP contribution < -0.4 is 0 Å². The zero-order valence-corrected chi connectivity index (χ0v) is 14.2. The number of fused-ring (bicyclic) bond motifs is 1. The minimum atomic E-state index is 0.0711. The first-order valence-corrected chi connectivity index (χ1v) is 7.79. The summed E-state index contributed by atoms with van der Waals surface area (Å²) in [5.74, 6) is 0. The van der Waals surface area contributed by atoms with Crippen molar-refractivity contribution in [2.24, 2.45) is 0 Å². The van der Waals surface area contributed by atoms with Gasteiger partial charge < -0.3 is 0 Å². The summed E-state index contributed by atoms with van der Waals surface area (Å²) in [7, 11) is 0. The molecule has 0 radical (unpaired) electrons. The molecule has 1 aromatic rings. The molecule has 1 aliphatic rings. The van der Waals surface area contributed by atoms with E-state index in [-0.39, 0.29) is 5.41 Å². The molecule has 0 saturated carbocycles. The Hall–Kier alpha value is -0.100. The largest absolute Gasteiger partial charge is 0.0984 e. The molecule has 0 nitrogen and oxygen atoms in total. The van der Waals surface area contributed by atoms with Gasteiger partial charge in [0.05, 0.1) is 0 Å². The van der Waals surface area contributed by atoms with Crippen LogP contribution in [0, 0.1) is 3.57 Å². The third kappa shape index (κ3) is 2.14. The van der Waals surface area contributed by atoms with Crippen molar-refractivity contribution in [2.75, 3.05) is 0 Å². The Kier molecular flexibility index (Phi) is 3.83. The van der Waals surface area contributed by atoms with Crippen molar-refractivity contribution in [2.45, 2.75) is 19.3 Å². The lowest BCUT2D eigenvalue weighted by Crippen LogP contribution is -2.16. The van der Waals surface area contributed by atoms with E-state index in [9.17, 15) is 0 Å². The summed E-state index contributed by atoms with van der Waals surface area (Å²) in [6, 6.07) is 6.66. The normalized spacial score (nSPS) is 17.6. The second-order valence-corrected chi connectivity index (χ2v) is 6.60. The van der Waals surface area contributed by atoms with Gasteiger partial charge in [-0.2, -0.15) is 0 Å². The third-order valence-corrected chi connectivity index (χ3v) is 4.37. The topological polar surface area (TPSA) is 0 Å². The van der Waals surface area contributed by atoms with Crippen LogP contribution in [0.1, 0.15) is 25.0 Å². The van der Waals surface area contributed by atoms with Crippen LogP contribution in [0.2, 0.25) is 0 Å². The van der Waals surface area contributed by atoms with E-state index >= 15 is 0 Å². The van der Waals surface area contributed by atoms with E-state index in [1.807, 2.05) is 6.08 Å². The van der Waals surface area contributed by atoms with E-state index in [0.29, 0.717) is 0 Å². The molecule has 88 valence electrons. The van der Waals surface area contributed by atoms with Gasteiger partial charge >= 0.3 is 0 Å². The van der Waals surface area contributed by atoms with Gasteiger partial charge in [-0.15, -0.1) is 0 Å². The van der Waals surface area contributed by atoms with E-state index in [1.54, 1.807) is 0 Å². The van der Waals surface area contributed by atoms with Crippen molar-refractivity contribution < 1.29 is 0 Å². The monoisotopic (exact) mass is 448 g/mol. The Balaban J connectivity index is 2.75. The van der Waals surface area contributed by atoms with Gasteiger partial charge in [0.15, 0.2) is 0 Å². The lowest BCUT2D eigenvalue weighted by Gasteiger charge is -2.22. The minimum absolute atomic E-state index is 0.0711. The summed E-state index contributed by atoms with van der Waals surface area (Å²) in [5, 5.41) is 0. The fourth-order valence-electron chi connectivity index (χ4n) is 2.48. The van der Waals surface area contributed by atoms with Crippen LogP contribution in [0.4, 0.5) is 0 Å². The van der Waals surface area contributed by atoms with Crippen LogP contribution in [0.5, 0.6) is 0 Å². The maximum absolute atomic E-state index is 3.97. The molecule has 0 amide bonds. The first-order valence-electron chi connectivity index (χ1n) is 5.46. The molecule has 0 bridgehead atoms. The molecule has 0 spiro atoms. The predicted octanol–water partition coefficient (Wildman–Crippen LogP) is 5.47. The quantitative estimate of drug-likeness (QED) is 0.527. The molecule has 17 heavy (non-hydrogen) atoms. The Labute approximate surface area is 130 Å².